The van der Waals surface area contributed by atoms with Gasteiger partial charge in [-0.25, -0.2) is 4.98 Å². The molecule has 1 heterocycles. The first-order valence-electron chi connectivity index (χ1n) is 5.15. The van der Waals surface area contributed by atoms with Crippen molar-refractivity contribution >= 4 is 11.9 Å². The number of methoxy groups -OCH3 is 1. The number of hydrogen-bond donors (Lipinski definition) is 1. The highest BCUT2D eigenvalue weighted by Gasteiger charge is 2.01. The van der Waals surface area contributed by atoms with Crippen LogP contribution in [0, 0.1) is 0 Å². The van der Waals surface area contributed by atoms with E-state index in [1.165, 1.54) is 6.08 Å². The van der Waals surface area contributed by atoms with Gasteiger partial charge in [0.1, 0.15) is 11.6 Å². The number of aromatic nitrogens is 2. The first-order valence-corrected chi connectivity index (χ1v) is 5.15. The summed E-state index contributed by atoms with van der Waals surface area (Å²) in [5.41, 5.74) is 0.619. The summed E-state index contributed by atoms with van der Waals surface area (Å²) in [5, 5.41) is 0. The highest BCUT2D eigenvalue weighted by atomic mass is 16.5. The second kappa shape index (κ2) is 5.12. The summed E-state index contributed by atoms with van der Waals surface area (Å²) < 4.78 is 5.02. The normalized spacial score (nSPS) is 10.6. The number of carbonyl (C=O) groups excluding carboxylic acids is 1. The van der Waals surface area contributed by atoms with Crippen LogP contribution in [0.4, 0.5) is 0 Å². The molecule has 0 atom stereocenters. The molecule has 0 aliphatic carbocycles. The Labute approximate surface area is 99.0 Å². The Bertz CT molecular complexity index is 513. The van der Waals surface area contributed by atoms with E-state index in [1.54, 1.807) is 49.8 Å². The third-order valence-electron chi connectivity index (χ3n) is 2.29. The van der Waals surface area contributed by atoms with Crippen LogP contribution < -0.4 is 4.74 Å². The number of carbonyl (C=O) groups is 1. The van der Waals surface area contributed by atoms with Gasteiger partial charge in [0, 0.05) is 18.0 Å². The number of benzene rings is 1. The van der Waals surface area contributed by atoms with Crippen LogP contribution >= 0.6 is 0 Å². The van der Waals surface area contributed by atoms with Crippen molar-refractivity contribution in [3.8, 4) is 5.75 Å². The lowest BCUT2D eigenvalue weighted by molar-refractivity contribution is 0.104. The lowest BCUT2D eigenvalue weighted by Crippen LogP contribution is -1.94. The summed E-state index contributed by atoms with van der Waals surface area (Å²) in [4.78, 5) is 18.7. The van der Waals surface area contributed by atoms with Gasteiger partial charge >= 0.3 is 0 Å². The lowest BCUT2D eigenvalue weighted by Gasteiger charge is -1.99. The maximum absolute atomic E-state index is 11.8. The Hall–Kier alpha value is -2.36. The van der Waals surface area contributed by atoms with Gasteiger partial charge in [0.15, 0.2) is 5.78 Å². The standard InChI is InChI=1S/C13H12N2O2/c1-17-11-4-2-10(3-5-11)12(16)6-7-13-14-8-9-15-13/h2-9H,1H3,(H,14,15)/b7-6+. The van der Waals surface area contributed by atoms with Gasteiger partial charge in [0.25, 0.3) is 0 Å². The Kier molecular flexibility index (Phi) is 3.35. The van der Waals surface area contributed by atoms with Gasteiger partial charge in [-0.3, -0.25) is 4.79 Å². The minimum absolute atomic E-state index is 0.0657. The zero-order valence-electron chi connectivity index (χ0n) is 9.38. The molecule has 1 N–H and O–H groups in total. The summed E-state index contributed by atoms with van der Waals surface area (Å²) in [6.07, 6.45) is 6.47. The minimum Gasteiger partial charge on any atom is -0.497 e. The van der Waals surface area contributed by atoms with Crippen LogP contribution in [0.15, 0.2) is 42.7 Å². The summed E-state index contributed by atoms with van der Waals surface area (Å²) in [6.45, 7) is 0. The number of ether oxygens (including phenoxy) is 1. The first kappa shape index (κ1) is 11.1. The SMILES string of the molecule is COc1ccc(C(=O)/C=C/c2ncc[nH]2)cc1. The molecule has 0 unspecified atom stereocenters. The van der Waals surface area contributed by atoms with Crippen molar-refractivity contribution in [2.75, 3.05) is 7.11 Å². The van der Waals surface area contributed by atoms with Gasteiger partial charge in [-0.15, -0.1) is 0 Å². The summed E-state index contributed by atoms with van der Waals surface area (Å²) >= 11 is 0. The smallest absolute Gasteiger partial charge is 0.185 e. The van der Waals surface area contributed by atoms with Gasteiger partial charge in [0.05, 0.1) is 7.11 Å². The van der Waals surface area contributed by atoms with E-state index in [4.69, 9.17) is 4.74 Å². The van der Waals surface area contributed by atoms with E-state index in [-0.39, 0.29) is 5.78 Å². The number of hydrogen-bond acceptors (Lipinski definition) is 3. The zero-order valence-corrected chi connectivity index (χ0v) is 9.38. The molecule has 4 heteroatoms. The van der Waals surface area contributed by atoms with Crippen molar-refractivity contribution in [2.45, 2.75) is 0 Å². The van der Waals surface area contributed by atoms with E-state index in [0.717, 1.165) is 5.75 Å². The molecule has 0 aliphatic heterocycles. The van der Waals surface area contributed by atoms with Crippen LogP contribution in [0.2, 0.25) is 0 Å². The quantitative estimate of drug-likeness (QED) is 0.645. The maximum atomic E-state index is 11.8. The van der Waals surface area contributed by atoms with E-state index < -0.39 is 0 Å². The fourth-order valence-electron chi connectivity index (χ4n) is 1.37. The van der Waals surface area contributed by atoms with E-state index in [2.05, 4.69) is 9.97 Å². The lowest BCUT2D eigenvalue weighted by atomic mass is 10.1. The van der Waals surface area contributed by atoms with E-state index >= 15 is 0 Å². The van der Waals surface area contributed by atoms with Crippen molar-refractivity contribution in [3.63, 3.8) is 0 Å². The molecule has 17 heavy (non-hydrogen) atoms. The van der Waals surface area contributed by atoms with Crippen LogP contribution in [0.3, 0.4) is 0 Å². The predicted molar refractivity (Wildman–Crippen MR) is 64.9 cm³/mol. The number of imidazole rings is 1. The summed E-state index contributed by atoms with van der Waals surface area (Å²) in [6, 6.07) is 6.98. The zero-order chi connectivity index (χ0) is 12.1. The molecule has 4 nitrogen and oxygen atoms in total. The van der Waals surface area contributed by atoms with Gasteiger partial charge in [-0.2, -0.15) is 0 Å². The number of nitrogens with one attached hydrogen (secondary N) is 1. The largest absolute Gasteiger partial charge is 0.497 e. The molecular weight excluding hydrogens is 216 g/mol. The highest BCUT2D eigenvalue weighted by Crippen LogP contribution is 2.12. The molecule has 0 amide bonds. The molecule has 0 fully saturated rings. The molecule has 0 aliphatic rings. The van der Waals surface area contributed by atoms with E-state index in [9.17, 15) is 4.79 Å². The van der Waals surface area contributed by atoms with E-state index in [0.29, 0.717) is 11.4 Å². The van der Waals surface area contributed by atoms with Gasteiger partial charge in [-0.1, -0.05) is 0 Å². The molecule has 2 aromatic rings. The average molecular weight is 228 g/mol. The van der Waals surface area contributed by atoms with Crippen molar-refractivity contribution in [1.29, 1.82) is 0 Å². The second-order valence-electron chi connectivity index (χ2n) is 3.40. The maximum Gasteiger partial charge on any atom is 0.185 e. The summed E-state index contributed by atoms with van der Waals surface area (Å²) in [5.74, 6) is 1.33. The molecule has 0 radical (unpaired) electrons. The van der Waals surface area contributed by atoms with Crippen molar-refractivity contribution in [3.05, 3.63) is 54.1 Å². The van der Waals surface area contributed by atoms with Crippen LogP contribution in [0.1, 0.15) is 16.2 Å². The minimum atomic E-state index is -0.0657. The van der Waals surface area contributed by atoms with Gasteiger partial charge in [0.2, 0.25) is 0 Å². The van der Waals surface area contributed by atoms with Crippen LogP contribution in [0.5, 0.6) is 5.75 Å². The molecule has 2 rings (SSSR count). The molecule has 0 bridgehead atoms. The molecule has 0 saturated heterocycles. The van der Waals surface area contributed by atoms with E-state index in [1.807, 2.05) is 0 Å². The second-order valence-corrected chi connectivity index (χ2v) is 3.40. The highest BCUT2D eigenvalue weighted by molar-refractivity contribution is 6.06. The molecule has 1 aromatic carbocycles. The summed E-state index contributed by atoms with van der Waals surface area (Å²) in [7, 11) is 1.59. The fourth-order valence-corrected chi connectivity index (χ4v) is 1.37. The third-order valence-corrected chi connectivity index (χ3v) is 2.29. The molecule has 86 valence electrons. The predicted octanol–water partition coefficient (Wildman–Crippen LogP) is 2.31. The third kappa shape index (κ3) is 2.81. The van der Waals surface area contributed by atoms with Gasteiger partial charge in [-0.05, 0) is 36.4 Å². The Morgan fingerprint density at radius 1 is 1.35 bits per heavy atom. The van der Waals surface area contributed by atoms with Gasteiger partial charge < -0.3 is 9.72 Å². The van der Waals surface area contributed by atoms with Crippen LogP contribution in [-0.2, 0) is 0 Å². The monoisotopic (exact) mass is 228 g/mol. The molecule has 1 aromatic heterocycles. The molecule has 0 spiro atoms. The number of ketones is 1. The fraction of sp³-hybridized carbons (Fsp3) is 0.0769. The number of H-pyrrole nitrogens is 1. The first-order chi connectivity index (χ1) is 8.29. The molecule has 0 saturated carbocycles. The van der Waals surface area contributed by atoms with Crippen LogP contribution in [0.25, 0.3) is 6.08 Å². The number of nitrogens with zero attached hydrogens (tertiary/aromatic N) is 1. The van der Waals surface area contributed by atoms with Crippen molar-refractivity contribution in [2.24, 2.45) is 0 Å². The topological polar surface area (TPSA) is 55.0 Å². The Morgan fingerprint density at radius 2 is 2.12 bits per heavy atom. The number of aromatic amines is 1. The Morgan fingerprint density at radius 3 is 2.71 bits per heavy atom. The number of rotatable bonds is 4. The Balaban J connectivity index is 2.09. The average Bonchev–Trinajstić information content (AvgIpc) is 2.89. The van der Waals surface area contributed by atoms with Crippen molar-refractivity contribution in [1.82, 2.24) is 9.97 Å². The van der Waals surface area contributed by atoms with Crippen LogP contribution in [-0.4, -0.2) is 22.9 Å². The number of allylic oxidation sites excluding steroid dienone is 1. The van der Waals surface area contributed by atoms with Crippen molar-refractivity contribution < 1.29 is 9.53 Å². The molecular formula is C13H12N2O2.